The molecular formula is C13H22N4O. The molecule has 0 aliphatic carbocycles. The van der Waals surface area contributed by atoms with Gasteiger partial charge in [0.05, 0.1) is 12.2 Å². The largest absolute Gasteiger partial charge is 0.350 e. The molecule has 0 aromatic carbocycles. The standard InChI is InChI=1S/C13H22N4O/c1-10(2)5-11(7-14)6-13(18)16-8-12-3-4-15-9-17-12/h3-4,9-11H,5-8,14H2,1-2H3,(H,16,18)/t11-/m0/s1. The van der Waals surface area contributed by atoms with E-state index in [-0.39, 0.29) is 11.8 Å². The molecule has 0 aliphatic rings. The monoisotopic (exact) mass is 250 g/mol. The first-order valence-electron chi connectivity index (χ1n) is 6.33. The van der Waals surface area contributed by atoms with Crippen LogP contribution in [0.1, 0.15) is 32.4 Å². The Kier molecular flexibility index (Phi) is 6.28. The first-order valence-corrected chi connectivity index (χ1v) is 6.33. The van der Waals surface area contributed by atoms with Crippen molar-refractivity contribution in [3.05, 3.63) is 24.3 Å². The molecule has 1 aromatic rings. The molecule has 0 spiro atoms. The van der Waals surface area contributed by atoms with Gasteiger partial charge in [0.1, 0.15) is 6.33 Å². The fourth-order valence-corrected chi connectivity index (χ4v) is 1.88. The summed E-state index contributed by atoms with van der Waals surface area (Å²) in [5, 5.41) is 2.85. The van der Waals surface area contributed by atoms with Crippen LogP contribution < -0.4 is 11.1 Å². The van der Waals surface area contributed by atoms with Crippen LogP contribution in [-0.2, 0) is 11.3 Å². The van der Waals surface area contributed by atoms with Crippen LogP contribution in [0.25, 0.3) is 0 Å². The van der Waals surface area contributed by atoms with Crippen LogP contribution in [-0.4, -0.2) is 22.4 Å². The number of hydrogen-bond acceptors (Lipinski definition) is 4. The average Bonchev–Trinajstić information content (AvgIpc) is 2.36. The van der Waals surface area contributed by atoms with Gasteiger partial charge in [0, 0.05) is 12.6 Å². The fraction of sp³-hybridized carbons (Fsp3) is 0.615. The second-order valence-electron chi connectivity index (χ2n) is 4.91. The van der Waals surface area contributed by atoms with Gasteiger partial charge in [-0.15, -0.1) is 0 Å². The molecule has 1 rings (SSSR count). The van der Waals surface area contributed by atoms with Crippen LogP contribution in [0.4, 0.5) is 0 Å². The Bertz CT molecular complexity index is 353. The van der Waals surface area contributed by atoms with Crippen molar-refractivity contribution in [2.45, 2.75) is 33.2 Å². The van der Waals surface area contributed by atoms with Gasteiger partial charge < -0.3 is 11.1 Å². The summed E-state index contributed by atoms with van der Waals surface area (Å²) in [5.74, 6) is 0.855. The van der Waals surface area contributed by atoms with Crippen molar-refractivity contribution in [1.82, 2.24) is 15.3 Å². The Balaban J connectivity index is 2.32. The maximum Gasteiger partial charge on any atom is 0.220 e. The van der Waals surface area contributed by atoms with Crippen LogP contribution in [0, 0.1) is 11.8 Å². The number of nitrogens with two attached hydrogens (primary N) is 1. The Morgan fingerprint density at radius 3 is 2.83 bits per heavy atom. The van der Waals surface area contributed by atoms with E-state index in [9.17, 15) is 4.79 Å². The zero-order valence-electron chi connectivity index (χ0n) is 11.1. The molecule has 1 amide bonds. The lowest BCUT2D eigenvalue weighted by atomic mass is 9.94. The second kappa shape index (κ2) is 7.76. The highest BCUT2D eigenvalue weighted by Gasteiger charge is 2.13. The second-order valence-corrected chi connectivity index (χ2v) is 4.91. The minimum atomic E-state index is 0.0321. The molecule has 1 heterocycles. The lowest BCUT2D eigenvalue weighted by Crippen LogP contribution is -2.28. The molecule has 0 radical (unpaired) electrons. The third kappa shape index (κ3) is 5.72. The van der Waals surface area contributed by atoms with Gasteiger partial charge in [-0.3, -0.25) is 4.79 Å². The van der Waals surface area contributed by atoms with Gasteiger partial charge in [0.25, 0.3) is 0 Å². The van der Waals surface area contributed by atoms with Gasteiger partial charge in [0.15, 0.2) is 0 Å². The molecule has 18 heavy (non-hydrogen) atoms. The predicted molar refractivity (Wildman–Crippen MR) is 70.5 cm³/mol. The van der Waals surface area contributed by atoms with Crippen molar-refractivity contribution in [2.24, 2.45) is 17.6 Å². The van der Waals surface area contributed by atoms with Gasteiger partial charge in [-0.25, -0.2) is 9.97 Å². The van der Waals surface area contributed by atoms with Crippen molar-refractivity contribution in [3.8, 4) is 0 Å². The van der Waals surface area contributed by atoms with Crippen molar-refractivity contribution >= 4 is 5.91 Å². The molecule has 100 valence electrons. The lowest BCUT2D eigenvalue weighted by molar-refractivity contribution is -0.122. The van der Waals surface area contributed by atoms with Crippen molar-refractivity contribution < 1.29 is 4.79 Å². The normalized spacial score (nSPS) is 12.4. The number of carbonyl (C=O) groups excluding carboxylic acids is 1. The topological polar surface area (TPSA) is 80.9 Å². The van der Waals surface area contributed by atoms with Crippen LogP contribution in [0.15, 0.2) is 18.6 Å². The zero-order chi connectivity index (χ0) is 13.4. The number of amides is 1. The molecule has 0 saturated carbocycles. The van der Waals surface area contributed by atoms with E-state index in [1.165, 1.54) is 6.33 Å². The summed E-state index contributed by atoms with van der Waals surface area (Å²) in [6.07, 6.45) is 4.61. The molecule has 0 bridgehead atoms. The van der Waals surface area contributed by atoms with Gasteiger partial charge >= 0.3 is 0 Å². The van der Waals surface area contributed by atoms with Gasteiger partial charge in [-0.2, -0.15) is 0 Å². The van der Waals surface area contributed by atoms with E-state index in [4.69, 9.17) is 5.73 Å². The van der Waals surface area contributed by atoms with E-state index in [0.29, 0.717) is 25.4 Å². The summed E-state index contributed by atoms with van der Waals surface area (Å²) < 4.78 is 0. The first kappa shape index (κ1) is 14.6. The highest BCUT2D eigenvalue weighted by atomic mass is 16.1. The fourth-order valence-electron chi connectivity index (χ4n) is 1.88. The van der Waals surface area contributed by atoms with Crippen LogP contribution in [0.2, 0.25) is 0 Å². The van der Waals surface area contributed by atoms with Crippen molar-refractivity contribution in [2.75, 3.05) is 6.54 Å². The Morgan fingerprint density at radius 2 is 2.28 bits per heavy atom. The molecule has 1 aromatic heterocycles. The number of nitrogens with one attached hydrogen (secondary N) is 1. The summed E-state index contributed by atoms with van der Waals surface area (Å²) in [5.41, 5.74) is 6.49. The first-order chi connectivity index (χ1) is 8.61. The number of aromatic nitrogens is 2. The molecular weight excluding hydrogens is 228 g/mol. The summed E-state index contributed by atoms with van der Waals surface area (Å²) in [6.45, 7) is 5.28. The van der Waals surface area contributed by atoms with E-state index >= 15 is 0 Å². The smallest absolute Gasteiger partial charge is 0.220 e. The number of hydrogen-bond donors (Lipinski definition) is 2. The van der Waals surface area contributed by atoms with Crippen LogP contribution >= 0.6 is 0 Å². The van der Waals surface area contributed by atoms with Crippen molar-refractivity contribution in [1.29, 1.82) is 0 Å². The quantitative estimate of drug-likeness (QED) is 0.759. The maximum absolute atomic E-state index is 11.8. The zero-order valence-corrected chi connectivity index (χ0v) is 11.1. The number of rotatable bonds is 7. The SMILES string of the molecule is CC(C)C[C@H](CN)CC(=O)NCc1ccncn1. The van der Waals surface area contributed by atoms with Gasteiger partial charge in [-0.1, -0.05) is 13.8 Å². The van der Waals surface area contributed by atoms with Crippen molar-refractivity contribution in [3.63, 3.8) is 0 Å². The van der Waals surface area contributed by atoms with E-state index in [0.717, 1.165) is 12.1 Å². The summed E-state index contributed by atoms with van der Waals surface area (Å²) in [4.78, 5) is 19.6. The summed E-state index contributed by atoms with van der Waals surface area (Å²) in [6, 6.07) is 1.79. The van der Waals surface area contributed by atoms with E-state index in [1.54, 1.807) is 12.3 Å². The lowest BCUT2D eigenvalue weighted by Gasteiger charge is -2.16. The van der Waals surface area contributed by atoms with E-state index < -0.39 is 0 Å². The third-order valence-corrected chi connectivity index (χ3v) is 2.72. The molecule has 0 unspecified atom stereocenters. The number of nitrogens with zero attached hydrogens (tertiary/aromatic N) is 2. The third-order valence-electron chi connectivity index (χ3n) is 2.72. The molecule has 5 nitrogen and oxygen atoms in total. The minimum absolute atomic E-state index is 0.0321. The summed E-state index contributed by atoms with van der Waals surface area (Å²) in [7, 11) is 0. The predicted octanol–water partition coefficient (Wildman–Crippen LogP) is 1.10. The molecule has 1 atom stereocenters. The molecule has 3 N–H and O–H groups in total. The van der Waals surface area contributed by atoms with Gasteiger partial charge in [0.2, 0.25) is 5.91 Å². The molecule has 5 heteroatoms. The highest BCUT2D eigenvalue weighted by Crippen LogP contribution is 2.13. The molecule has 0 aliphatic heterocycles. The molecule has 0 fully saturated rings. The summed E-state index contributed by atoms with van der Waals surface area (Å²) >= 11 is 0. The Labute approximate surface area is 108 Å². The maximum atomic E-state index is 11.8. The number of carbonyl (C=O) groups is 1. The average molecular weight is 250 g/mol. The van der Waals surface area contributed by atoms with Crippen LogP contribution in [0.3, 0.4) is 0 Å². The Hall–Kier alpha value is -1.49. The Morgan fingerprint density at radius 1 is 1.50 bits per heavy atom. The minimum Gasteiger partial charge on any atom is -0.350 e. The van der Waals surface area contributed by atoms with Gasteiger partial charge in [-0.05, 0) is 30.9 Å². The molecule has 0 saturated heterocycles. The highest BCUT2D eigenvalue weighted by molar-refractivity contribution is 5.76. The van der Waals surface area contributed by atoms with E-state index in [1.807, 2.05) is 0 Å². The van der Waals surface area contributed by atoms with Crippen LogP contribution in [0.5, 0.6) is 0 Å². The van der Waals surface area contributed by atoms with E-state index in [2.05, 4.69) is 29.1 Å².